The maximum absolute atomic E-state index is 12.6. The maximum atomic E-state index is 12.6. The number of thioether (sulfide) groups is 1. The third-order valence-corrected chi connectivity index (χ3v) is 5.21. The van der Waals surface area contributed by atoms with E-state index in [-0.39, 0.29) is 5.91 Å². The van der Waals surface area contributed by atoms with Crippen LogP contribution in [-0.4, -0.2) is 10.2 Å². The summed E-state index contributed by atoms with van der Waals surface area (Å²) in [6.07, 6.45) is 1.71. The molecule has 7 heteroatoms. The standard InChI is InChI=1S/C16H8Cl3NOS2/c17-10-2-1-3-12(7-10)20-15(21)14(23-16(20)22)6-9-4-5-11(18)8-13(9)19/h1-8H/b14-6+. The number of anilines is 1. The lowest BCUT2D eigenvalue weighted by Gasteiger charge is -2.14. The minimum atomic E-state index is -0.201. The van der Waals surface area contributed by atoms with Gasteiger partial charge in [-0.05, 0) is 42.0 Å². The van der Waals surface area contributed by atoms with Crippen LogP contribution in [0.4, 0.5) is 5.69 Å². The van der Waals surface area contributed by atoms with Gasteiger partial charge in [0.2, 0.25) is 0 Å². The molecule has 116 valence electrons. The highest BCUT2D eigenvalue weighted by molar-refractivity contribution is 8.27. The second-order valence-corrected chi connectivity index (χ2v) is 7.62. The normalized spacial score (nSPS) is 16.5. The molecule has 3 rings (SSSR count). The summed E-state index contributed by atoms with van der Waals surface area (Å²) < 4.78 is 0.452. The zero-order chi connectivity index (χ0) is 16.6. The van der Waals surface area contributed by atoms with Gasteiger partial charge in [-0.15, -0.1) is 0 Å². The van der Waals surface area contributed by atoms with Crippen LogP contribution in [-0.2, 0) is 4.79 Å². The summed E-state index contributed by atoms with van der Waals surface area (Å²) in [7, 11) is 0. The molecular formula is C16H8Cl3NOS2. The highest BCUT2D eigenvalue weighted by atomic mass is 35.5. The van der Waals surface area contributed by atoms with Gasteiger partial charge < -0.3 is 0 Å². The lowest BCUT2D eigenvalue weighted by Crippen LogP contribution is -2.27. The second-order valence-electron chi connectivity index (χ2n) is 4.66. The Morgan fingerprint density at radius 2 is 1.78 bits per heavy atom. The van der Waals surface area contributed by atoms with E-state index in [1.807, 2.05) is 0 Å². The van der Waals surface area contributed by atoms with E-state index >= 15 is 0 Å². The number of thiocarbonyl (C=S) groups is 1. The zero-order valence-corrected chi connectivity index (χ0v) is 15.3. The molecule has 0 aliphatic carbocycles. The van der Waals surface area contributed by atoms with Crippen molar-refractivity contribution in [2.45, 2.75) is 0 Å². The molecule has 1 heterocycles. The Balaban J connectivity index is 1.96. The van der Waals surface area contributed by atoms with Gasteiger partial charge in [0.25, 0.3) is 5.91 Å². The van der Waals surface area contributed by atoms with Crippen LogP contribution in [0.3, 0.4) is 0 Å². The van der Waals surface area contributed by atoms with E-state index in [4.69, 9.17) is 47.0 Å². The Labute approximate surface area is 158 Å². The van der Waals surface area contributed by atoms with Crippen molar-refractivity contribution in [1.29, 1.82) is 0 Å². The Morgan fingerprint density at radius 1 is 1.04 bits per heavy atom. The largest absolute Gasteiger partial charge is 0.270 e. The molecule has 0 spiro atoms. The smallest absolute Gasteiger partial charge is 0.268 e. The molecule has 2 aromatic rings. The molecule has 23 heavy (non-hydrogen) atoms. The summed E-state index contributed by atoms with van der Waals surface area (Å²) in [6, 6.07) is 12.1. The number of carbonyl (C=O) groups is 1. The summed E-state index contributed by atoms with van der Waals surface area (Å²) in [6.45, 7) is 0. The van der Waals surface area contributed by atoms with E-state index in [9.17, 15) is 4.79 Å². The van der Waals surface area contributed by atoms with Gasteiger partial charge in [-0.25, -0.2) is 0 Å². The lowest BCUT2D eigenvalue weighted by atomic mass is 10.2. The van der Waals surface area contributed by atoms with Crippen molar-refractivity contribution in [3.63, 3.8) is 0 Å². The van der Waals surface area contributed by atoms with Crippen molar-refractivity contribution in [3.8, 4) is 0 Å². The van der Waals surface area contributed by atoms with Crippen LogP contribution in [0.2, 0.25) is 15.1 Å². The number of rotatable bonds is 2. The number of hydrogen-bond acceptors (Lipinski definition) is 3. The monoisotopic (exact) mass is 399 g/mol. The molecule has 0 N–H and O–H groups in total. The van der Waals surface area contributed by atoms with Gasteiger partial charge in [-0.1, -0.05) is 70.9 Å². The molecule has 1 saturated heterocycles. The van der Waals surface area contributed by atoms with Gasteiger partial charge in [-0.2, -0.15) is 0 Å². The van der Waals surface area contributed by atoms with Crippen molar-refractivity contribution in [1.82, 2.24) is 0 Å². The van der Waals surface area contributed by atoms with E-state index in [0.717, 1.165) is 0 Å². The first-order valence-corrected chi connectivity index (χ1v) is 8.80. The number of hydrogen-bond donors (Lipinski definition) is 0. The fraction of sp³-hybridized carbons (Fsp3) is 0. The molecule has 2 aromatic carbocycles. The third-order valence-electron chi connectivity index (χ3n) is 3.11. The first kappa shape index (κ1) is 16.8. The first-order valence-electron chi connectivity index (χ1n) is 6.44. The predicted molar refractivity (Wildman–Crippen MR) is 104 cm³/mol. The lowest BCUT2D eigenvalue weighted by molar-refractivity contribution is -0.113. The molecule has 1 aliphatic rings. The van der Waals surface area contributed by atoms with Gasteiger partial charge in [0.15, 0.2) is 4.32 Å². The topological polar surface area (TPSA) is 20.3 Å². The number of carbonyl (C=O) groups excluding carboxylic acids is 1. The van der Waals surface area contributed by atoms with Gasteiger partial charge in [-0.3, -0.25) is 9.69 Å². The van der Waals surface area contributed by atoms with Gasteiger partial charge in [0.1, 0.15) is 0 Å². The summed E-state index contributed by atoms with van der Waals surface area (Å²) in [4.78, 5) is 14.6. The van der Waals surface area contributed by atoms with Crippen LogP contribution in [0.1, 0.15) is 5.56 Å². The first-order chi connectivity index (χ1) is 11.0. The van der Waals surface area contributed by atoms with Crippen LogP contribution in [0.15, 0.2) is 47.4 Å². The van der Waals surface area contributed by atoms with Gasteiger partial charge in [0.05, 0.1) is 10.6 Å². The van der Waals surface area contributed by atoms with E-state index in [1.165, 1.54) is 16.7 Å². The number of nitrogens with zero attached hydrogens (tertiary/aromatic N) is 1. The summed E-state index contributed by atoms with van der Waals surface area (Å²) in [5.74, 6) is -0.201. The van der Waals surface area contributed by atoms with Crippen molar-refractivity contribution in [3.05, 3.63) is 68.0 Å². The molecule has 1 amide bonds. The molecule has 0 radical (unpaired) electrons. The van der Waals surface area contributed by atoms with Crippen molar-refractivity contribution < 1.29 is 4.79 Å². The Morgan fingerprint density at radius 3 is 2.48 bits per heavy atom. The van der Waals surface area contributed by atoms with Crippen LogP contribution in [0.5, 0.6) is 0 Å². The van der Waals surface area contributed by atoms with Crippen LogP contribution in [0.25, 0.3) is 6.08 Å². The van der Waals surface area contributed by atoms with Gasteiger partial charge >= 0.3 is 0 Å². The van der Waals surface area contributed by atoms with E-state index in [1.54, 1.807) is 48.5 Å². The fourth-order valence-corrected chi connectivity index (χ4v) is 4.00. The van der Waals surface area contributed by atoms with E-state index < -0.39 is 0 Å². The van der Waals surface area contributed by atoms with E-state index in [2.05, 4.69) is 0 Å². The Bertz CT molecular complexity index is 851. The molecule has 0 atom stereocenters. The number of benzene rings is 2. The highest BCUT2D eigenvalue weighted by Gasteiger charge is 2.33. The SMILES string of the molecule is O=C1/C(=C\c2ccc(Cl)cc2Cl)SC(=S)N1c1cccc(Cl)c1. The molecule has 1 aliphatic heterocycles. The third kappa shape index (κ3) is 3.57. The quantitative estimate of drug-likeness (QED) is 0.452. The second kappa shape index (κ2) is 6.83. The predicted octanol–water partition coefficient (Wildman–Crippen LogP) is 6.05. The van der Waals surface area contributed by atoms with Gasteiger partial charge in [0, 0.05) is 15.1 Å². The molecular weight excluding hydrogens is 393 g/mol. The minimum Gasteiger partial charge on any atom is -0.268 e. The van der Waals surface area contributed by atoms with Crippen molar-refractivity contribution >= 4 is 80.8 Å². The highest BCUT2D eigenvalue weighted by Crippen LogP contribution is 2.37. The van der Waals surface area contributed by atoms with Crippen LogP contribution in [0, 0.1) is 0 Å². The zero-order valence-electron chi connectivity index (χ0n) is 11.4. The average Bonchev–Trinajstić information content (AvgIpc) is 2.76. The van der Waals surface area contributed by atoms with Crippen LogP contribution < -0.4 is 4.90 Å². The number of halogens is 3. The molecule has 0 aromatic heterocycles. The Hall–Kier alpha value is -1.04. The average molecular weight is 401 g/mol. The fourth-order valence-electron chi connectivity index (χ4n) is 2.07. The Kier molecular flexibility index (Phi) is 4.99. The molecule has 0 bridgehead atoms. The summed E-state index contributed by atoms with van der Waals surface area (Å²) in [5.41, 5.74) is 1.35. The summed E-state index contributed by atoms with van der Waals surface area (Å²) >= 11 is 24.6. The molecule has 0 unspecified atom stereocenters. The molecule has 1 fully saturated rings. The van der Waals surface area contributed by atoms with E-state index in [0.29, 0.717) is 35.5 Å². The minimum absolute atomic E-state index is 0.201. The number of amides is 1. The summed E-state index contributed by atoms with van der Waals surface area (Å²) in [5, 5.41) is 1.56. The molecule has 2 nitrogen and oxygen atoms in total. The van der Waals surface area contributed by atoms with Crippen molar-refractivity contribution in [2.24, 2.45) is 0 Å². The van der Waals surface area contributed by atoms with Crippen molar-refractivity contribution in [2.75, 3.05) is 4.90 Å². The maximum Gasteiger partial charge on any atom is 0.270 e. The van der Waals surface area contributed by atoms with Crippen LogP contribution >= 0.6 is 58.8 Å². The molecule has 0 saturated carbocycles.